The molecule has 4 nitrogen and oxygen atoms in total. The van der Waals surface area contributed by atoms with Crippen LogP contribution in [0.15, 0.2) is 40.3 Å². The molecular formula is C21H20Cl2N2O2S. The van der Waals surface area contributed by atoms with Crippen LogP contribution in [0.4, 0.5) is 0 Å². The Labute approximate surface area is 177 Å². The number of aromatic nitrogens is 2. The molecule has 0 spiro atoms. The van der Waals surface area contributed by atoms with Crippen molar-refractivity contribution in [3.05, 3.63) is 51.9 Å². The number of halogens is 2. The second-order valence-corrected chi connectivity index (χ2v) is 9.27. The van der Waals surface area contributed by atoms with Crippen molar-refractivity contribution in [3.8, 4) is 0 Å². The zero-order valence-corrected chi connectivity index (χ0v) is 17.9. The lowest BCUT2D eigenvalue weighted by atomic mass is 9.99. The molecule has 1 atom stereocenters. The fraction of sp³-hybridized carbons (Fsp3) is 0.333. The SMILES string of the molecule is CC(C)c1nccc2c1c(Sc1ccc(Cl)cc1Cl)c1n2CCC1CC(=O)O. The Kier molecular flexibility index (Phi) is 5.34. The van der Waals surface area contributed by atoms with Crippen molar-refractivity contribution in [2.45, 2.75) is 54.9 Å². The molecule has 0 aliphatic carbocycles. The molecule has 0 fully saturated rings. The Hall–Kier alpha value is -1.69. The van der Waals surface area contributed by atoms with Gasteiger partial charge in [-0.25, -0.2) is 0 Å². The molecule has 2 aromatic heterocycles. The molecule has 1 aliphatic heterocycles. The summed E-state index contributed by atoms with van der Waals surface area (Å²) in [6.07, 6.45) is 2.81. The van der Waals surface area contributed by atoms with Gasteiger partial charge in [0.15, 0.2) is 0 Å². The van der Waals surface area contributed by atoms with Crippen LogP contribution in [0.2, 0.25) is 10.0 Å². The molecule has 7 heteroatoms. The van der Waals surface area contributed by atoms with Crippen LogP contribution in [-0.2, 0) is 11.3 Å². The Morgan fingerprint density at radius 2 is 2.14 bits per heavy atom. The van der Waals surface area contributed by atoms with Gasteiger partial charge in [0.05, 0.1) is 22.7 Å². The average molecular weight is 435 g/mol. The van der Waals surface area contributed by atoms with E-state index in [2.05, 4.69) is 23.4 Å². The molecule has 28 heavy (non-hydrogen) atoms. The fourth-order valence-electron chi connectivity index (χ4n) is 3.99. The van der Waals surface area contributed by atoms with Gasteiger partial charge >= 0.3 is 5.97 Å². The molecule has 1 N–H and O–H groups in total. The number of hydrogen-bond acceptors (Lipinski definition) is 3. The summed E-state index contributed by atoms with van der Waals surface area (Å²) in [5.41, 5.74) is 3.23. The summed E-state index contributed by atoms with van der Waals surface area (Å²) in [6.45, 7) is 5.08. The lowest BCUT2D eigenvalue weighted by Gasteiger charge is -2.13. The van der Waals surface area contributed by atoms with Crippen molar-refractivity contribution in [2.75, 3.05) is 0 Å². The number of nitrogens with zero attached hydrogens (tertiary/aromatic N) is 2. The van der Waals surface area contributed by atoms with E-state index in [-0.39, 0.29) is 18.3 Å². The number of benzene rings is 1. The zero-order valence-electron chi connectivity index (χ0n) is 15.6. The minimum absolute atomic E-state index is 0.0153. The maximum Gasteiger partial charge on any atom is 0.304 e. The topological polar surface area (TPSA) is 55.1 Å². The van der Waals surface area contributed by atoms with Gasteiger partial charge in [-0.3, -0.25) is 9.78 Å². The molecule has 3 heterocycles. The van der Waals surface area contributed by atoms with E-state index in [0.29, 0.717) is 10.0 Å². The predicted molar refractivity (Wildman–Crippen MR) is 114 cm³/mol. The van der Waals surface area contributed by atoms with Gasteiger partial charge in [-0.1, -0.05) is 48.8 Å². The van der Waals surface area contributed by atoms with Crippen LogP contribution in [0.25, 0.3) is 10.9 Å². The number of aliphatic carboxylic acids is 1. The van der Waals surface area contributed by atoms with Crippen molar-refractivity contribution in [1.29, 1.82) is 0 Å². The lowest BCUT2D eigenvalue weighted by Crippen LogP contribution is -2.04. The maximum atomic E-state index is 11.5. The summed E-state index contributed by atoms with van der Waals surface area (Å²) in [5, 5.41) is 11.7. The van der Waals surface area contributed by atoms with E-state index < -0.39 is 5.97 Å². The first kappa shape index (κ1) is 19.6. The van der Waals surface area contributed by atoms with Crippen LogP contribution >= 0.6 is 35.0 Å². The summed E-state index contributed by atoms with van der Waals surface area (Å²) < 4.78 is 2.27. The van der Waals surface area contributed by atoms with Crippen molar-refractivity contribution in [3.63, 3.8) is 0 Å². The van der Waals surface area contributed by atoms with Crippen molar-refractivity contribution in [1.82, 2.24) is 9.55 Å². The molecule has 1 aromatic carbocycles. The first-order chi connectivity index (χ1) is 13.4. The van der Waals surface area contributed by atoms with Crippen LogP contribution in [0.1, 0.15) is 49.9 Å². The van der Waals surface area contributed by atoms with Gasteiger partial charge in [0.1, 0.15) is 0 Å². The zero-order chi connectivity index (χ0) is 20.0. The molecule has 1 unspecified atom stereocenters. The second kappa shape index (κ2) is 7.62. The number of carboxylic acids is 1. The third-order valence-electron chi connectivity index (χ3n) is 5.16. The first-order valence-electron chi connectivity index (χ1n) is 9.22. The number of fused-ring (bicyclic) bond motifs is 3. The van der Waals surface area contributed by atoms with Gasteiger partial charge in [-0.05, 0) is 36.6 Å². The smallest absolute Gasteiger partial charge is 0.304 e. The van der Waals surface area contributed by atoms with Crippen LogP contribution in [-0.4, -0.2) is 20.6 Å². The molecule has 0 amide bonds. The van der Waals surface area contributed by atoms with Crippen molar-refractivity contribution < 1.29 is 9.90 Å². The van der Waals surface area contributed by atoms with E-state index in [1.54, 1.807) is 17.8 Å². The van der Waals surface area contributed by atoms with E-state index in [0.717, 1.165) is 45.0 Å². The molecule has 3 aromatic rings. The Morgan fingerprint density at radius 1 is 1.36 bits per heavy atom. The maximum absolute atomic E-state index is 11.5. The third-order valence-corrected chi connectivity index (χ3v) is 7.01. The van der Waals surface area contributed by atoms with Gasteiger partial charge in [0.25, 0.3) is 0 Å². The fourth-order valence-corrected chi connectivity index (χ4v) is 5.72. The Balaban J connectivity index is 1.95. The number of rotatable bonds is 5. The third kappa shape index (κ3) is 3.40. The Bertz CT molecular complexity index is 1080. The van der Waals surface area contributed by atoms with Gasteiger partial charge in [0.2, 0.25) is 0 Å². The summed E-state index contributed by atoms with van der Waals surface area (Å²) >= 11 is 14.1. The highest BCUT2D eigenvalue weighted by molar-refractivity contribution is 7.99. The normalized spacial score (nSPS) is 16.1. The highest BCUT2D eigenvalue weighted by atomic mass is 35.5. The summed E-state index contributed by atoms with van der Waals surface area (Å²) in [6, 6.07) is 7.50. The minimum Gasteiger partial charge on any atom is -0.481 e. The van der Waals surface area contributed by atoms with Crippen LogP contribution < -0.4 is 0 Å². The van der Waals surface area contributed by atoms with Crippen LogP contribution in [0, 0.1) is 0 Å². The largest absolute Gasteiger partial charge is 0.481 e. The summed E-state index contributed by atoms with van der Waals surface area (Å²) in [7, 11) is 0. The van der Waals surface area contributed by atoms with Gasteiger partial charge in [0, 0.05) is 44.6 Å². The number of aryl methyl sites for hydroxylation is 1. The molecule has 0 saturated carbocycles. The predicted octanol–water partition coefficient (Wildman–Crippen LogP) is 6.58. The molecule has 1 aliphatic rings. The number of hydrogen-bond donors (Lipinski definition) is 1. The quantitative estimate of drug-likeness (QED) is 0.492. The summed E-state index contributed by atoms with van der Waals surface area (Å²) in [5.74, 6) is -0.533. The van der Waals surface area contributed by atoms with Gasteiger partial charge in [-0.2, -0.15) is 0 Å². The highest BCUT2D eigenvalue weighted by Crippen LogP contribution is 2.49. The van der Waals surface area contributed by atoms with E-state index >= 15 is 0 Å². The van der Waals surface area contributed by atoms with Crippen LogP contribution in [0.3, 0.4) is 0 Å². The van der Waals surface area contributed by atoms with E-state index in [4.69, 9.17) is 23.2 Å². The molecule has 0 saturated heterocycles. The number of carboxylic acid groups (broad SMARTS) is 1. The lowest BCUT2D eigenvalue weighted by molar-refractivity contribution is -0.137. The molecular weight excluding hydrogens is 415 g/mol. The van der Waals surface area contributed by atoms with E-state index in [9.17, 15) is 9.90 Å². The van der Waals surface area contributed by atoms with Crippen molar-refractivity contribution in [2.24, 2.45) is 0 Å². The second-order valence-electron chi connectivity index (χ2n) is 7.37. The molecule has 4 rings (SSSR count). The van der Waals surface area contributed by atoms with Gasteiger partial charge in [-0.15, -0.1) is 0 Å². The molecule has 0 radical (unpaired) electrons. The molecule has 0 bridgehead atoms. The average Bonchev–Trinajstić information content (AvgIpc) is 3.16. The first-order valence-corrected chi connectivity index (χ1v) is 10.8. The van der Waals surface area contributed by atoms with Gasteiger partial charge < -0.3 is 9.67 Å². The minimum atomic E-state index is -0.772. The van der Waals surface area contributed by atoms with E-state index in [1.165, 1.54) is 0 Å². The van der Waals surface area contributed by atoms with E-state index in [1.807, 2.05) is 24.4 Å². The van der Waals surface area contributed by atoms with Crippen molar-refractivity contribution >= 4 is 51.8 Å². The summed E-state index contributed by atoms with van der Waals surface area (Å²) in [4.78, 5) is 18.1. The van der Waals surface area contributed by atoms with Crippen LogP contribution in [0.5, 0.6) is 0 Å². The number of carbonyl (C=O) groups is 1. The monoisotopic (exact) mass is 434 g/mol. The Morgan fingerprint density at radius 3 is 2.82 bits per heavy atom. The number of pyridine rings is 1. The molecule has 146 valence electrons. The highest BCUT2D eigenvalue weighted by Gasteiger charge is 2.33. The standard InChI is InChI=1S/C21H20Cl2N2O2S/c1-11(2)19-18-15(5-7-24-19)25-8-6-12(9-17(26)27)20(25)21(18)28-16-4-3-13(22)10-14(16)23/h3-5,7,10-12H,6,8-9H2,1-2H3,(H,26,27).